The average molecular weight is 131 g/mol. The van der Waals surface area contributed by atoms with E-state index in [-0.39, 0.29) is 13.2 Å². The Balaban J connectivity index is 1.92. The molecule has 9 heavy (non-hydrogen) atoms. The third kappa shape index (κ3) is 1.93. The molecule has 54 valence electrons. The molecule has 1 saturated heterocycles. The Labute approximate surface area is 54.9 Å². The minimum absolute atomic E-state index is 0.259. The van der Waals surface area contributed by atoms with Gasteiger partial charge in [-0.3, -0.25) is 4.90 Å². The van der Waals surface area contributed by atoms with Crippen molar-refractivity contribution in [3.63, 3.8) is 0 Å². The van der Waals surface area contributed by atoms with Gasteiger partial charge in [0.1, 0.15) is 0 Å². The van der Waals surface area contributed by atoms with E-state index in [2.05, 4.69) is 4.90 Å². The van der Waals surface area contributed by atoms with Gasteiger partial charge in [-0.05, 0) is 6.42 Å². The first kappa shape index (κ1) is 6.99. The number of aliphatic hydroxyl groups excluding tert-OH is 2. The summed E-state index contributed by atoms with van der Waals surface area (Å²) < 4.78 is 0. The second kappa shape index (κ2) is 3.15. The van der Waals surface area contributed by atoms with Gasteiger partial charge in [0.05, 0.1) is 6.61 Å². The van der Waals surface area contributed by atoms with E-state index in [0.717, 1.165) is 19.5 Å². The van der Waals surface area contributed by atoms with Gasteiger partial charge in [-0.15, -0.1) is 0 Å². The molecule has 2 unspecified atom stereocenters. The van der Waals surface area contributed by atoms with Crippen molar-refractivity contribution in [3.8, 4) is 0 Å². The highest BCUT2D eigenvalue weighted by Gasteiger charge is 2.31. The second-order valence-corrected chi connectivity index (χ2v) is 2.41. The van der Waals surface area contributed by atoms with Crippen LogP contribution < -0.4 is 0 Å². The average Bonchev–Trinajstić information content (AvgIpc) is 2.62. The third-order valence-electron chi connectivity index (χ3n) is 1.64. The molecule has 2 N–H and O–H groups in total. The van der Waals surface area contributed by atoms with Crippen LogP contribution in [0, 0.1) is 0 Å². The van der Waals surface area contributed by atoms with Crippen LogP contribution in [0.15, 0.2) is 0 Å². The maximum absolute atomic E-state index is 8.57. The summed E-state index contributed by atoms with van der Waals surface area (Å²) in [5.74, 6) is 0. The Morgan fingerprint density at radius 3 is 2.67 bits per heavy atom. The van der Waals surface area contributed by atoms with Crippen LogP contribution in [0.5, 0.6) is 0 Å². The lowest BCUT2D eigenvalue weighted by molar-refractivity contribution is 0.252. The first-order valence-electron chi connectivity index (χ1n) is 3.34. The molecule has 0 radical (unpaired) electrons. The van der Waals surface area contributed by atoms with Gasteiger partial charge in [0.2, 0.25) is 0 Å². The Bertz CT molecular complexity index is 87.1. The fraction of sp³-hybridized carbons (Fsp3) is 1.00. The lowest BCUT2D eigenvalue weighted by Crippen LogP contribution is -2.07. The van der Waals surface area contributed by atoms with Crippen LogP contribution >= 0.6 is 0 Å². The monoisotopic (exact) mass is 131 g/mol. The van der Waals surface area contributed by atoms with E-state index in [9.17, 15) is 0 Å². The van der Waals surface area contributed by atoms with E-state index in [4.69, 9.17) is 10.2 Å². The summed E-state index contributed by atoms with van der Waals surface area (Å²) in [4.78, 5) is 2.15. The standard InChI is InChI=1S/C6H13NO2/c8-3-1-2-7-4-6(7)5-9/h6,8-9H,1-5H2. The topological polar surface area (TPSA) is 43.5 Å². The second-order valence-electron chi connectivity index (χ2n) is 2.41. The first-order chi connectivity index (χ1) is 4.38. The summed E-state index contributed by atoms with van der Waals surface area (Å²) >= 11 is 0. The normalized spacial score (nSPS) is 32.7. The van der Waals surface area contributed by atoms with Crippen molar-refractivity contribution >= 4 is 0 Å². The summed E-state index contributed by atoms with van der Waals surface area (Å²) in [6.45, 7) is 2.47. The van der Waals surface area contributed by atoms with Gasteiger partial charge in [-0.1, -0.05) is 0 Å². The van der Waals surface area contributed by atoms with Crippen molar-refractivity contribution in [1.82, 2.24) is 4.90 Å². The number of nitrogens with zero attached hydrogens (tertiary/aromatic N) is 1. The van der Waals surface area contributed by atoms with Crippen molar-refractivity contribution in [2.45, 2.75) is 12.5 Å². The van der Waals surface area contributed by atoms with Gasteiger partial charge >= 0.3 is 0 Å². The summed E-state index contributed by atoms with van der Waals surface area (Å²) in [5, 5.41) is 17.0. The molecule has 0 saturated carbocycles. The zero-order valence-corrected chi connectivity index (χ0v) is 5.45. The van der Waals surface area contributed by atoms with Crippen molar-refractivity contribution < 1.29 is 10.2 Å². The van der Waals surface area contributed by atoms with E-state index in [0.29, 0.717) is 6.04 Å². The molecule has 0 aromatic rings. The predicted octanol–water partition coefficient (Wildman–Crippen LogP) is -0.955. The molecule has 1 rings (SSSR count). The Kier molecular flexibility index (Phi) is 2.45. The minimum Gasteiger partial charge on any atom is -0.396 e. The smallest absolute Gasteiger partial charge is 0.0599 e. The molecule has 3 heteroatoms. The molecule has 3 nitrogen and oxygen atoms in total. The molecule has 0 aromatic heterocycles. The zero-order chi connectivity index (χ0) is 6.69. The fourth-order valence-electron chi connectivity index (χ4n) is 0.944. The van der Waals surface area contributed by atoms with Gasteiger partial charge in [0.15, 0.2) is 0 Å². The van der Waals surface area contributed by atoms with E-state index >= 15 is 0 Å². The van der Waals surface area contributed by atoms with Gasteiger partial charge in [-0.2, -0.15) is 0 Å². The van der Waals surface area contributed by atoms with Crippen molar-refractivity contribution in [2.24, 2.45) is 0 Å². The van der Waals surface area contributed by atoms with E-state index < -0.39 is 0 Å². The number of aliphatic hydroxyl groups is 2. The molecule has 1 aliphatic heterocycles. The molecule has 0 amide bonds. The molecule has 2 atom stereocenters. The molecule has 0 aromatic carbocycles. The number of rotatable bonds is 4. The summed E-state index contributed by atoms with van der Waals surface area (Å²) in [6.07, 6.45) is 0.830. The van der Waals surface area contributed by atoms with Crippen LogP contribution in [0.2, 0.25) is 0 Å². The quantitative estimate of drug-likeness (QED) is 0.483. The highest BCUT2D eigenvalue weighted by Crippen LogP contribution is 2.15. The largest absolute Gasteiger partial charge is 0.396 e. The van der Waals surface area contributed by atoms with Crippen LogP contribution in [-0.4, -0.2) is 47.5 Å². The molecule has 0 bridgehead atoms. The van der Waals surface area contributed by atoms with Gasteiger partial charge in [-0.25, -0.2) is 0 Å². The number of hydrogen-bond donors (Lipinski definition) is 2. The van der Waals surface area contributed by atoms with Gasteiger partial charge < -0.3 is 10.2 Å². The summed E-state index contributed by atoms with van der Waals surface area (Å²) in [6, 6.07) is 0.400. The first-order valence-corrected chi connectivity index (χ1v) is 3.34. The van der Waals surface area contributed by atoms with E-state index in [1.54, 1.807) is 0 Å². The van der Waals surface area contributed by atoms with Gasteiger partial charge in [0.25, 0.3) is 0 Å². The SMILES string of the molecule is OCCCN1CC1CO. The lowest BCUT2D eigenvalue weighted by atomic mass is 10.4. The van der Waals surface area contributed by atoms with Crippen LogP contribution in [0.25, 0.3) is 0 Å². The number of hydrogen-bond acceptors (Lipinski definition) is 3. The predicted molar refractivity (Wildman–Crippen MR) is 34.1 cm³/mol. The Hall–Kier alpha value is -0.120. The lowest BCUT2D eigenvalue weighted by Gasteiger charge is -1.97. The maximum atomic E-state index is 8.57. The van der Waals surface area contributed by atoms with Crippen LogP contribution in [-0.2, 0) is 0 Å². The fourth-order valence-corrected chi connectivity index (χ4v) is 0.944. The Morgan fingerprint density at radius 2 is 2.22 bits per heavy atom. The molecule has 0 aliphatic carbocycles. The molecule has 1 aliphatic rings. The van der Waals surface area contributed by atoms with E-state index in [1.807, 2.05) is 0 Å². The van der Waals surface area contributed by atoms with Crippen LogP contribution in [0.1, 0.15) is 6.42 Å². The van der Waals surface area contributed by atoms with Crippen molar-refractivity contribution in [3.05, 3.63) is 0 Å². The third-order valence-corrected chi connectivity index (χ3v) is 1.64. The Morgan fingerprint density at radius 1 is 1.44 bits per heavy atom. The highest BCUT2D eigenvalue weighted by molar-refractivity contribution is 4.87. The van der Waals surface area contributed by atoms with Gasteiger partial charge in [0, 0.05) is 25.7 Å². The molecular formula is C6H13NO2. The van der Waals surface area contributed by atoms with E-state index in [1.165, 1.54) is 0 Å². The van der Waals surface area contributed by atoms with Crippen molar-refractivity contribution in [2.75, 3.05) is 26.3 Å². The van der Waals surface area contributed by atoms with Crippen LogP contribution in [0.4, 0.5) is 0 Å². The molecular weight excluding hydrogens is 118 g/mol. The van der Waals surface area contributed by atoms with Crippen molar-refractivity contribution in [1.29, 1.82) is 0 Å². The summed E-state index contributed by atoms with van der Waals surface area (Å²) in [7, 11) is 0. The maximum Gasteiger partial charge on any atom is 0.0599 e. The highest BCUT2D eigenvalue weighted by atomic mass is 16.3. The zero-order valence-electron chi connectivity index (χ0n) is 5.45. The molecule has 0 spiro atoms. The molecule has 1 heterocycles. The summed E-state index contributed by atoms with van der Waals surface area (Å²) in [5.41, 5.74) is 0. The minimum atomic E-state index is 0.259. The molecule has 1 fully saturated rings. The van der Waals surface area contributed by atoms with Crippen LogP contribution in [0.3, 0.4) is 0 Å².